The zero-order valence-electron chi connectivity index (χ0n) is 14.6. The van der Waals surface area contributed by atoms with Crippen LogP contribution in [0.15, 0.2) is 24.3 Å². The van der Waals surface area contributed by atoms with Crippen LogP contribution in [0.3, 0.4) is 0 Å². The standard InChI is InChI=1S/C19H25NO4/c1-19(2,3)14-8-6-13(7-9-14)16(21)10-11-17(22)24-18(23)15-5-4-12-20-15/h6-9,15,20H,4-5,10-12H2,1-3H3/t15-/m0/s1. The third kappa shape index (κ3) is 4.99. The molecule has 1 aromatic rings. The largest absolute Gasteiger partial charge is 0.392 e. The molecule has 2 rings (SSSR count). The average molecular weight is 331 g/mol. The fraction of sp³-hybridized carbons (Fsp3) is 0.526. The Bertz CT molecular complexity index is 607. The lowest BCUT2D eigenvalue weighted by molar-refractivity contribution is -0.160. The summed E-state index contributed by atoms with van der Waals surface area (Å²) in [6, 6.07) is 7.03. The van der Waals surface area contributed by atoms with Crippen molar-refractivity contribution in [2.75, 3.05) is 6.54 Å². The van der Waals surface area contributed by atoms with Crippen molar-refractivity contribution >= 4 is 17.7 Å². The first-order chi connectivity index (χ1) is 11.3. The smallest absolute Gasteiger partial charge is 0.330 e. The number of hydrogen-bond donors (Lipinski definition) is 1. The van der Waals surface area contributed by atoms with Gasteiger partial charge in [-0.2, -0.15) is 0 Å². The summed E-state index contributed by atoms with van der Waals surface area (Å²) in [4.78, 5) is 35.6. The predicted molar refractivity (Wildman–Crippen MR) is 90.8 cm³/mol. The van der Waals surface area contributed by atoms with Crippen LogP contribution in [0.2, 0.25) is 0 Å². The summed E-state index contributed by atoms with van der Waals surface area (Å²) in [6.07, 6.45) is 1.54. The van der Waals surface area contributed by atoms with E-state index in [9.17, 15) is 14.4 Å². The van der Waals surface area contributed by atoms with Gasteiger partial charge in [0.1, 0.15) is 6.04 Å². The molecule has 0 unspecified atom stereocenters. The highest BCUT2D eigenvalue weighted by Crippen LogP contribution is 2.22. The van der Waals surface area contributed by atoms with Crippen LogP contribution in [0.5, 0.6) is 0 Å². The van der Waals surface area contributed by atoms with E-state index in [1.165, 1.54) is 0 Å². The molecule has 130 valence electrons. The molecule has 1 aliphatic rings. The monoisotopic (exact) mass is 331 g/mol. The summed E-state index contributed by atoms with van der Waals surface area (Å²) >= 11 is 0. The third-order valence-electron chi connectivity index (χ3n) is 4.19. The molecule has 1 aromatic carbocycles. The molecule has 5 nitrogen and oxygen atoms in total. The molecule has 0 bridgehead atoms. The van der Waals surface area contributed by atoms with Crippen molar-refractivity contribution in [3.05, 3.63) is 35.4 Å². The Balaban J connectivity index is 1.81. The van der Waals surface area contributed by atoms with E-state index in [-0.39, 0.29) is 24.0 Å². The van der Waals surface area contributed by atoms with Crippen LogP contribution in [0.1, 0.15) is 62.4 Å². The first-order valence-electron chi connectivity index (χ1n) is 8.39. The average Bonchev–Trinajstić information content (AvgIpc) is 3.06. The molecule has 1 fully saturated rings. The van der Waals surface area contributed by atoms with Crippen molar-refractivity contribution in [2.24, 2.45) is 0 Å². The van der Waals surface area contributed by atoms with Crippen LogP contribution < -0.4 is 5.32 Å². The van der Waals surface area contributed by atoms with Crippen molar-refractivity contribution in [3.8, 4) is 0 Å². The number of esters is 2. The maximum absolute atomic E-state index is 12.1. The van der Waals surface area contributed by atoms with E-state index >= 15 is 0 Å². The molecular weight excluding hydrogens is 306 g/mol. The van der Waals surface area contributed by atoms with Gasteiger partial charge < -0.3 is 10.1 Å². The molecule has 0 radical (unpaired) electrons. The van der Waals surface area contributed by atoms with Gasteiger partial charge in [0.25, 0.3) is 0 Å². The molecule has 1 saturated heterocycles. The molecule has 1 atom stereocenters. The lowest BCUT2D eigenvalue weighted by Gasteiger charge is -2.18. The first-order valence-corrected chi connectivity index (χ1v) is 8.39. The number of carbonyl (C=O) groups is 3. The van der Waals surface area contributed by atoms with Gasteiger partial charge in [0.05, 0.1) is 6.42 Å². The third-order valence-corrected chi connectivity index (χ3v) is 4.19. The Hall–Kier alpha value is -2.01. The molecule has 0 aromatic heterocycles. The quantitative estimate of drug-likeness (QED) is 0.510. The van der Waals surface area contributed by atoms with E-state index in [2.05, 4.69) is 26.1 Å². The summed E-state index contributed by atoms with van der Waals surface area (Å²) in [5, 5.41) is 2.98. The predicted octanol–water partition coefficient (Wildman–Crippen LogP) is 2.77. The highest BCUT2D eigenvalue weighted by atomic mass is 16.6. The van der Waals surface area contributed by atoms with Crippen molar-refractivity contribution in [1.29, 1.82) is 0 Å². The molecule has 1 aliphatic heterocycles. The first kappa shape index (κ1) is 18.3. The summed E-state index contributed by atoms with van der Waals surface area (Å²) in [5.41, 5.74) is 1.74. The second-order valence-corrected chi connectivity index (χ2v) is 7.19. The Morgan fingerprint density at radius 2 is 1.79 bits per heavy atom. The van der Waals surface area contributed by atoms with Crippen LogP contribution in [-0.2, 0) is 19.7 Å². The number of benzene rings is 1. The number of hydrogen-bond acceptors (Lipinski definition) is 5. The number of ether oxygens (including phenoxy) is 1. The van der Waals surface area contributed by atoms with E-state index in [0.717, 1.165) is 18.5 Å². The normalized spacial score (nSPS) is 17.5. The van der Waals surface area contributed by atoms with E-state index < -0.39 is 18.0 Å². The minimum atomic E-state index is -0.645. The zero-order chi connectivity index (χ0) is 17.7. The van der Waals surface area contributed by atoms with Crippen molar-refractivity contribution in [2.45, 2.75) is 57.9 Å². The number of Topliss-reactive ketones (excluding diaryl/α,β-unsaturated/α-hetero) is 1. The lowest BCUT2D eigenvalue weighted by atomic mass is 9.86. The number of rotatable bonds is 5. The van der Waals surface area contributed by atoms with Gasteiger partial charge in [0, 0.05) is 12.0 Å². The van der Waals surface area contributed by atoms with Crippen LogP contribution in [0.25, 0.3) is 0 Å². The molecule has 24 heavy (non-hydrogen) atoms. The topological polar surface area (TPSA) is 72.5 Å². The summed E-state index contributed by atoms with van der Waals surface area (Å²) < 4.78 is 4.79. The van der Waals surface area contributed by atoms with Crippen molar-refractivity contribution in [1.82, 2.24) is 5.32 Å². The van der Waals surface area contributed by atoms with Gasteiger partial charge in [0.2, 0.25) is 0 Å². The van der Waals surface area contributed by atoms with Gasteiger partial charge in [-0.05, 0) is 30.4 Å². The van der Waals surface area contributed by atoms with Gasteiger partial charge in [0.15, 0.2) is 5.78 Å². The fourth-order valence-corrected chi connectivity index (χ4v) is 2.64. The van der Waals surface area contributed by atoms with Crippen LogP contribution in [-0.4, -0.2) is 30.3 Å². The molecule has 0 saturated carbocycles. The zero-order valence-corrected chi connectivity index (χ0v) is 14.6. The van der Waals surface area contributed by atoms with E-state index in [1.807, 2.05) is 12.1 Å². The molecule has 0 amide bonds. The Kier molecular flexibility index (Phi) is 5.89. The molecular formula is C19H25NO4. The molecule has 1 N–H and O–H groups in total. The van der Waals surface area contributed by atoms with E-state index in [4.69, 9.17) is 4.74 Å². The van der Waals surface area contributed by atoms with E-state index in [0.29, 0.717) is 12.0 Å². The van der Waals surface area contributed by atoms with Gasteiger partial charge in [-0.3, -0.25) is 9.59 Å². The summed E-state index contributed by atoms with van der Waals surface area (Å²) in [5.74, 6) is -1.31. The Morgan fingerprint density at radius 1 is 1.12 bits per heavy atom. The second-order valence-electron chi connectivity index (χ2n) is 7.19. The van der Waals surface area contributed by atoms with Gasteiger partial charge >= 0.3 is 11.9 Å². The number of ketones is 1. The lowest BCUT2D eigenvalue weighted by Crippen LogP contribution is -2.33. The van der Waals surface area contributed by atoms with Gasteiger partial charge in [-0.15, -0.1) is 0 Å². The second kappa shape index (κ2) is 7.71. The highest BCUT2D eigenvalue weighted by Gasteiger charge is 2.25. The highest BCUT2D eigenvalue weighted by molar-refractivity contribution is 5.98. The fourth-order valence-electron chi connectivity index (χ4n) is 2.64. The number of nitrogens with one attached hydrogen (secondary N) is 1. The van der Waals surface area contributed by atoms with E-state index in [1.54, 1.807) is 12.1 Å². The van der Waals surface area contributed by atoms with Crippen LogP contribution >= 0.6 is 0 Å². The molecule has 5 heteroatoms. The van der Waals surface area contributed by atoms with Gasteiger partial charge in [-0.25, -0.2) is 4.79 Å². The Morgan fingerprint density at radius 3 is 2.33 bits per heavy atom. The van der Waals surface area contributed by atoms with Crippen molar-refractivity contribution < 1.29 is 19.1 Å². The van der Waals surface area contributed by atoms with Crippen molar-refractivity contribution in [3.63, 3.8) is 0 Å². The van der Waals surface area contributed by atoms with Crippen LogP contribution in [0.4, 0.5) is 0 Å². The molecule has 1 heterocycles. The van der Waals surface area contributed by atoms with Gasteiger partial charge in [-0.1, -0.05) is 45.0 Å². The molecule has 0 spiro atoms. The number of carbonyl (C=O) groups excluding carboxylic acids is 3. The SMILES string of the molecule is CC(C)(C)c1ccc(C(=O)CCC(=O)OC(=O)[C@@H]2CCCN2)cc1. The maximum atomic E-state index is 12.1. The minimum absolute atomic E-state index is 0.0278. The Labute approximate surface area is 142 Å². The summed E-state index contributed by atoms with van der Waals surface area (Å²) in [7, 11) is 0. The maximum Gasteiger partial charge on any atom is 0.330 e. The minimum Gasteiger partial charge on any atom is -0.392 e. The van der Waals surface area contributed by atoms with Crippen LogP contribution in [0, 0.1) is 0 Å². The summed E-state index contributed by atoms with van der Waals surface area (Å²) in [6.45, 7) is 7.08. The molecule has 0 aliphatic carbocycles.